The van der Waals surface area contributed by atoms with Crippen molar-refractivity contribution in [3.8, 4) is 17.2 Å². The van der Waals surface area contributed by atoms with Crippen LogP contribution in [0.1, 0.15) is 23.6 Å². The number of hydrogen-bond donors (Lipinski definition) is 1. The molecule has 4 rings (SSSR count). The van der Waals surface area contributed by atoms with E-state index in [2.05, 4.69) is 0 Å². The Labute approximate surface area is 230 Å². The summed E-state index contributed by atoms with van der Waals surface area (Å²) in [5.74, 6) is 2.39. The van der Waals surface area contributed by atoms with Crippen LogP contribution < -0.4 is 14.2 Å². The Balaban J connectivity index is 1.50. The van der Waals surface area contributed by atoms with Crippen molar-refractivity contribution in [2.24, 2.45) is 0 Å². The first kappa shape index (κ1) is 28.3. The first-order chi connectivity index (χ1) is 18.5. The predicted molar refractivity (Wildman–Crippen MR) is 148 cm³/mol. The number of rotatable bonds is 12. The molecule has 0 aromatic heterocycles. The highest BCUT2D eigenvalue weighted by molar-refractivity contribution is 7.80. The zero-order valence-electron chi connectivity index (χ0n) is 22.2. The van der Waals surface area contributed by atoms with Crippen LogP contribution in [-0.4, -0.2) is 51.2 Å². The molecule has 8 heteroatoms. The van der Waals surface area contributed by atoms with Gasteiger partial charge in [0.15, 0.2) is 0 Å². The maximum Gasteiger partial charge on any atom is 0.129 e. The third-order valence-electron chi connectivity index (χ3n) is 6.55. The van der Waals surface area contributed by atoms with Gasteiger partial charge in [-0.3, -0.25) is 0 Å². The topological polar surface area (TPSA) is 64.6 Å². The van der Waals surface area contributed by atoms with Crippen molar-refractivity contribution in [3.05, 3.63) is 89.5 Å². The second kappa shape index (κ2) is 13.9. The molecule has 0 bridgehead atoms. The van der Waals surface area contributed by atoms with Crippen LogP contribution >= 0.6 is 12.6 Å². The molecule has 3 aromatic rings. The Morgan fingerprint density at radius 2 is 0.895 bits per heavy atom. The number of thiol groups is 1. The van der Waals surface area contributed by atoms with Gasteiger partial charge in [0.1, 0.15) is 41.0 Å². The average Bonchev–Trinajstić information content (AvgIpc) is 2.96. The number of hydrogen-bond acceptors (Lipinski definition) is 8. The second-order valence-electron chi connectivity index (χ2n) is 9.10. The summed E-state index contributed by atoms with van der Waals surface area (Å²) in [6.07, 6.45) is -1.51. The van der Waals surface area contributed by atoms with Crippen molar-refractivity contribution < 1.29 is 33.2 Å². The summed E-state index contributed by atoms with van der Waals surface area (Å²) in [6, 6.07) is 23.4. The monoisotopic (exact) mass is 540 g/mol. The molecule has 0 N–H and O–H groups in total. The van der Waals surface area contributed by atoms with Crippen LogP contribution in [0.2, 0.25) is 0 Å². The van der Waals surface area contributed by atoms with Gasteiger partial charge in [0.2, 0.25) is 0 Å². The highest BCUT2D eigenvalue weighted by Crippen LogP contribution is 2.32. The molecular weight excluding hydrogens is 504 g/mol. The van der Waals surface area contributed by atoms with E-state index in [4.69, 9.17) is 45.8 Å². The molecule has 5 atom stereocenters. The van der Waals surface area contributed by atoms with Gasteiger partial charge in [0, 0.05) is 0 Å². The van der Waals surface area contributed by atoms with E-state index in [1.165, 1.54) is 0 Å². The Bertz CT molecular complexity index is 1040. The molecule has 0 aliphatic carbocycles. The largest absolute Gasteiger partial charge is 0.497 e. The molecule has 1 fully saturated rings. The smallest absolute Gasteiger partial charge is 0.129 e. The molecule has 0 unspecified atom stereocenters. The highest BCUT2D eigenvalue weighted by atomic mass is 32.1. The minimum atomic E-state index is -0.482. The Kier molecular flexibility index (Phi) is 10.3. The van der Waals surface area contributed by atoms with E-state index in [1.54, 1.807) is 21.3 Å². The predicted octanol–water partition coefficient (Wildman–Crippen LogP) is 5.44. The summed E-state index contributed by atoms with van der Waals surface area (Å²) >= 11 is 4.73. The van der Waals surface area contributed by atoms with Crippen molar-refractivity contribution >= 4 is 12.6 Å². The summed E-state index contributed by atoms with van der Waals surface area (Å²) in [5, 5.41) is 0. The van der Waals surface area contributed by atoms with Crippen molar-refractivity contribution in [1.82, 2.24) is 0 Å². The maximum atomic E-state index is 6.50. The molecule has 38 heavy (non-hydrogen) atoms. The van der Waals surface area contributed by atoms with Crippen molar-refractivity contribution in [2.45, 2.75) is 56.6 Å². The minimum absolute atomic E-state index is 0.252. The molecule has 3 aromatic carbocycles. The lowest BCUT2D eigenvalue weighted by molar-refractivity contribution is -0.242. The Morgan fingerprint density at radius 3 is 1.26 bits per heavy atom. The van der Waals surface area contributed by atoms with Crippen LogP contribution in [-0.2, 0) is 38.8 Å². The van der Waals surface area contributed by atoms with E-state index in [-0.39, 0.29) is 12.2 Å². The summed E-state index contributed by atoms with van der Waals surface area (Å²) in [6.45, 7) is 3.13. The van der Waals surface area contributed by atoms with Crippen molar-refractivity contribution in [1.29, 1.82) is 0 Å². The van der Waals surface area contributed by atoms with E-state index in [1.807, 2.05) is 79.7 Å². The quantitative estimate of drug-likeness (QED) is 0.307. The van der Waals surface area contributed by atoms with Gasteiger partial charge >= 0.3 is 0 Å². The van der Waals surface area contributed by atoms with Crippen LogP contribution in [0.3, 0.4) is 0 Å². The lowest BCUT2D eigenvalue weighted by Gasteiger charge is -2.44. The van der Waals surface area contributed by atoms with Gasteiger partial charge in [-0.1, -0.05) is 36.4 Å². The van der Waals surface area contributed by atoms with Gasteiger partial charge in [0.25, 0.3) is 0 Å². The zero-order chi connectivity index (χ0) is 26.9. The summed E-state index contributed by atoms with van der Waals surface area (Å²) in [5.41, 5.74) is 2.57. The fourth-order valence-electron chi connectivity index (χ4n) is 4.33. The molecule has 0 radical (unpaired) electrons. The Hall–Kier alpha value is -2.75. The lowest BCUT2D eigenvalue weighted by atomic mass is 9.99. The molecule has 0 spiro atoms. The van der Waals surface area contributed by atoms with E-state index >= 15 is 0 Å². The van der Waals surface area contributed by atoms with Gasteiger partial charge in [-0.05, 0) is 60.0 Å². The molecule has 7 nitrogen and oxygen atoms in total. The number of methoxy groups -OCH3 is 3. The SMILES string of the molecule is COc1ccc(CO[C@@H]2[C@@H](OCc3ccc(OC)cc3)[C@H](S)O[C@H](C)[C@@H]2OCc2ccc(OC)cc2)cc1. The van der Waals surface area contributed by atoms with Crippen molar-refractivity contribution in [2.75, 3.05) is 21.3 Å². The van der Waals surface area contributed by atoms with E-state index < -0.39 is 17.6 Å². The van der Waals surface area contributed by atoms with Gasteiger partial charge in [-0.15, -0.1) is 12.6 Å². The standard InChI is InChI=1S/C30H36O7S/c1-20-27(34-17-21-5-11-24(31-2)12-6-21)28(35-18-22-7-13-25(32-3)14-8-22)29(30(38)37-20)36-19-23-9-15-26(33-4)16-10-23/h5-16,20,27-30,38H,17-19H2,1-4H3/t20-,27+,28+,29-,30+/m1/s1. The molecule has 1 heterocycles. The molecule has 0 saturated carbocycles. The highest BCUT2D eigenvalue weighted by Gasteiger charge is 2.45. The molecule has 1 saturated heterocycles. The van der Waals surface area contributed by atoms with E-state index in [0.717, 1.165) is 33.9 Å². The van der Waals surface area contributed by atoms with Gasteiger partial charge < -0.3 is 33.2 Å². The molecular formula is C30H36O7S. The Morgan fingerprint density at radius 1 is 0.553 bits per heavy atom. The fourth-order valence-corrected chi connectivity index (χ4v) is 4.78. The summed E-state index contributed by atoms with van der Waals surface area (Å²) in [4.78, 5) is 0. The number of ether oxygens (including phenoxy) is 7. The normalized spacial score (nSPS) is 23.1. The maximum absolute atomic E-state index is 6.50. The zero-order valence-corrected chi connectivity index (χ0v) is 23.1. The molecule has 0 amide bonds. The minimum Gasteiger partial charge on any atom is -0.497 e. The molecule has 1 aliphatic heterocycles. The van der Waals surface area contributed by atoms with E-state index in [0.29, 0.717) is 19.8 Å². The summed E-state index contributed by atoms with van der Waals surface area (Å²) in [7, 11) is 4.95. The average molecular weight is 541 g/mol. The molecule has 204 valence electrons. The van der Waals surface area contributed by atoms with Crippen molar-refractivity contribution in [3.63, 3.8) is 0 Å². The van der Waals surface area contributed by atoms with E-state index in [9.17, 15) is 0 Å². The van der Waals surface area contributed by atoms with Crippen LogP contribution in [0.25, 0.3) is 0 Å². The lowest BCUT2D eigenvalue weighted by Crippen LogP contribution is -2.57. The van der Waals surface area contributed by atoms with Crippen LogP contribution in [0.15, 0.2) is 72.8 Å². The molecule has 1 aliphatic rings. The second-order valence-corrected chi connectivity index (χ2v) is 9.61. The van der Waals surface area contributed by atoms with Gasteiger partial charge in [-0.25, -0.2) is 0 Å². The van der Waals surface area contributed by atoms with Gasteiger partial charge in [-0.2, -0.15) is 0 Å². The third kappa shape index (κ3) is 7.42. The van der Waals surface area contributed by atoms with Crippen LogP contribution in [0, 0.1) is 0 Å². The fraction of sp³-hybridized carbons (Fsp3) is 0.400. The first-order valence-electron chi connectivity index (χ1n) is 12.6. The first-order valence-corrected chi connectivity index (χ1v) is 13.1. The number of benzene rings is 3. The van der Waals surface area contributed by atoms with Crippen LogP contribution in [0.5, 0.6) is 17.2 Å². The third-order valence-corrected chi connectivity index (χ3v) is 6.97. The van der Waals surface area contributed by atoms with Gasteiger partial charge in [0.05, 0.1) is 47.3 Å². The summed E-state index contributed by atoms with van der Waals surface area (Å²) < 4.78 is 41.2. The van der Waals surface area contributed by atoms with Crippen LogP contribution in [0.4, 0.5) is 0 Å².